The molecular formula is C10H13NO4. The van der Waals surface area contributed by atoms with Gasteiger partial charge in [-0.1, -0.05) is 30.3 Å². The molecule has 1 aromatic rings. The number of hydrogen-bond acceptors (Lipinski definition) is 4. The number of benzene rings is 1. The van der Waals surface area contributed by atoms with Crippen molar-refractivity contribution in [3.8, 4) is 0 Å². The van der Waals surface area contributed by atoms with Gasteiger partial charge < -0.3 is 14.9 Å². The summed E-state index contributed by atoms with van der Waals surface area (Å²) in [6.45, 7) is -0.723. The zero-order valence-corrected chi connectivity index (χ0v) is 8.09. The zero-order valence-electron chi connectivity index (χ0n) is 8.09. The molecule has 1 aromatic carbocycles. The number of ether oxygens (including phenoxy) is 1. The second-order valence-corrected chi connectivity index (χ2v) is 3.13. The van der Waals surface area contributed by atoms with Gasteiger partial charge in [-0.15, -0.1) is 0 Å². The average Bonchev–Trinajstić information content (AvgIpc) is 2.27. The highest BCUT2D eigenvalue weighted by Crippen LogP contribution is 2.08. The van der Waals surface area contributed by atoms with Crippen LogP contribution < -0.4 is 5.73 Å². The normalized spacial score (nSPS) is 14.5. The van der Waals surface area contributed by atoms with Gasteiger partial charge in [-0.25, -0.2) is 4.79 Å². The molecule has 0 aliphatic carbocycles. The van der Waals surface area contributed by atoms with E-state index in [-0.39, 0.29) is 6.61 Å². The Bertz CT molecular complexity index is 327. The lowest BCUT2D eigenvalue weighted by atomic mass is 10.2. The van der Waals surface area contributed by atoms with E-state index in [0.717, 1.165) is 5.56 Å². The van der Waals surface area contributed by atoms with E-state index in [4.69, 9.17) is 20.7 Å². The molecule has 4 N–H and O–H groups in total. The molecule has 0 heterocycles. The van der Waals surface area contributed by atoms with E-state index in [2.05, 4.69) is 0 Å². The molecule has 0 aliphatic rings. The summed E-state index contributed by atoms with van der Waals surface area (Å²) in [7, 11) is 0. The van der Waals surface area contributed by atoms with Crippen LogP contribution in [0.1, 0.15) is 5.56 Å². The van der Waals surface area contributed by atoms with Crippen LogP contribution in [-0.4, -0.2) is 28.5 Å². The summed E-state index contributed by atoms with van der Waals surface area (Å²) in [6, 6.07) is 8.99. The molecule has 0 bridgehead atoms. The molecule has 5 heteroatoms. The van der Waals surface area contributed by atoms with Crippen LogP contribution in [0.2, 0.25) is 0 Å². The highest BCUT2D eigenvalue weighted by atomic mass is 16.5. The first-order chi connectivity index (χ1) is 7.08. The predicted octanol–water partition coefficient (Wildman–Crippen LogP) is -0.0649. The Morgan fingerprint density at radius 2 is 2.00 bits per heavy atom. The molecule has 1 rings (SSSR count). The SMILES string of the molecule is NC(CO)(OCc1ccccc1)C(=O)O. The summed E-state index contributed by atoms with van der Waals surface area (Å²) in [5, 5.41) is 17.5. The molecule has 0 aliphatic heterocycles. The molecule has 15 heavy (non-hydrogen) atoms. The van der Waals surface area contributed by atoms with Crippen LogP contribution >= 0.6 is 0 Å². The zero-order chi connectivity index (χ0) is 11.3. The van der Waals surface area contributed by atoms with Gasteiger partial charge in [-0.05, 0) is 5.56 Å². The quantitative estimate of drug-likeness (QED) is 0.593. The van der Waals surface area contributed by atoms with Crippen molar-refractivity contribution in [2.45, 2.75) is 12.3 Å². The standard InChI is InChI=1S/C10H13NO4/c11-10(7-12,9(13)14)15-6-8-4-2-1-3-5-8/h1-5,12H,6-7,11H2,(H,13,14). The lowest BCUT2D eigenvalue weighted by Crippen LogP contribution is -2.53. The maximum atomic E-state index is 10.7. The summed E-state index contributed by atoms with van der Waals surface area (Å²) < 4.78 is 4.95. The van der Waals surface area contributed by atoms with Gasteiger partial charge in [-0.2, -0.15) is 0 Å². The van der Waals surface area contributed by atoms with Crippen LogP contribution in [0.25, 0.3) is 0 Å². The number of carboxylic acids is 1. The van der Waals surface area contributed by atoms with Gasteiger partial charge in [0.15, 0.2) is 0 Å². The van der Waals surface area contributed by atoms with E-state index in [1.807, 2.05) is 6.07 Å². The fraction of sp³-hybridized carbons (Fsp3) is 0.300. The minimum absolute atomic E-state index is 0.0458. The van der Waals surface area contributed by atoms with Crippen LogP contribution in [-0.2, 0) is 16.1 Å². The number of carboxylic acid groups (broad SMARTS) is 1. The Morgan fingerprint density at radius 1 is 1.40 bits per heavy atom. The maximum absolute atomic E-state index is 10.7. The number of hydrogen-bond donors (Lipinski definition) is 3. The van der Waals surface area contributed by atoms with E-state index in [1.54, 1.807) is 24.3 Å². The largest absolute Gasteiger partial charge is 0.478 e. The van der Waals surface area contributed by atoms with Gasteiger partial charge in [0.25, 0.3) is 0 Å². The third kappa shape index (κ3) is 3.02. The molecule has 5 nitrogen and oxygen atoms in total. The third-order valence-electron chi connectivity index (χ3n) is 1.94. The van der Waals surface area contributed by atoms with Crippen molar-refractivity contribution in [2.24, 2.45) is 5.73 Å². The summed E-state index contributed by atoms with van der Waals surface area (Å²) in [4.78, 5) is 10.7. The number of aliphatic carboxylic acids is 1. The number of carbonyl (C=O) groups is 1. The lowest BCUT2D eigenvalue weighted by Gasteiger charge is -2.22. The summed E-state index contributed by atoms with van der Waals surface area (Å²) in [5.41, 5.74) is 4.08. The first kappa shape index (κ1) is 11.6. The Kier molecular flexibility index (Phi) is 3.79. The highest BCUT2D eigenvalue weighted by Gasteiger charge is 2.34. The molecule has 0 spiro atoms. The van der Waals surface area contributed by atoms with Crippen molar-refractivity contribution in [3.05, 3.63) is 35.9 Å². The summed E-state index contributed by atoms with van der Waals surface area (Å²) in [5.74, 6) is -1.39. The minimum Gasteiger partial charge on any atom is -0.478 e. The van der Waals surface area contributed by atoms with E-state index in [0.29, 0.717) is 0 Å². The minimum atomic E-state index is -2.03. The van der Waals surface area contributed by atoms with Crippen molar-refractivity contribution in [2.75, 3.05) is 6.61 Å². The van der Waals surface area contributed by atoms with Crippen molar-refractivity contribution in [3.63, 3.8) is 0 Å². The van der Waals surface area contributed by atoms with E-state index >= 15 is 0 Å². The van der Waals surface area contributed by atoms with Crippen molar-refractivity contribution >= 4 is 5.97 Å². The number of aliphatic hydroxyl groups excluding tert-OH is 1. The first-order valence-electron chi connectivity index (χ1n) is 4.39. The number of nitrogens with two attached hydrogens (primary N) is 1. The molecule has 1 atom stereocenters. The Morgan fingerprint density at radius 3 is 2.47 bits per heavy atom. The summed E-state index contributed by atoms with van der Waals surface area (Å²) in [6.07, 6.45) is 0. The second-order valence-electron chi connectivity index (χ2n) is 3.13. The smallest absolute Gasteiger partial charge is 0.353 e. The van der Waals surface area contributed by atoms with Crippen LogP contribution in [0, 0.1) is 0 Å². The van der Waals surface area contributed by atoms with Gasteiger partial charge in [0.05, 0.1) is 13.2 Å². The molecule has 82 valence electrons. The van der Waals surface area contributed by atoms with E-state index in [9.17, 15) is 4.79 Å². The van der Waals surface area contributed by atoms with Gasteiger partial charge in [0.2, 0.25) is 5.72 Å². The molecule has 0 aromatic heterocycles. The van der Waals surface area contributed by atoms with Gasteiger partial charge in [0.1, 0.15) is 0 Å². The molecule has 1 unspecified atom stereocenters. The van der Waals surface area contributed by atoms with Gasteiger partial charge >= 0.3 is 5.97 Å². The Hall–Kier alpha value is -1.43. The van der Waals surface area contributed by atoms with Gasteiger partial charge in [-0.3, -0.25) is 5.73 Å². The third-order valence-corrected chi connectivity index (χ3v) is 1.94. The first-order valence-corrected chi connectivity index (χ1v) is 4.39. The number of aliphatic hydroxyl groups is 1. The van der Waals surface area contributed by atoms with Crippen molar-refractivity contribution in [1.82, 2.24) is 0 Å². The second kappa shape index (κ2) is 4.88. The molecule has 0 radical (unpaired) electrons. The van der Waals surface area contributed by atoms with E-state index < -0.39 is 18.3 Å². The molecule has 0 saturated carbocycles. The topological polar surface area (TPSA) is 92.8 Å². The molecule has 0 amide bonds. The van der Waals surface area contributed by atoms with Crippen LogP contribution in [0.15, 0.2) is 30.3 Å². The van der Waals surface area contributed by atoms with Crippen LogP contribution in [0.4, 0.5) is 0 Å². The lowest BCUT2D eigenvalue weighted by molar-refractivity contribution is -0.173. The fourth-order valence-electron chi connectivity index (χ4n) is 0.961. The summed E-state index contributed by atoms with van der Waals surface area (Å²) >= 11 is 0. The molecule has 0 saturated heterocycles. The predicted molar refractivity (Wildman–Crippen MR) is 52.9 cm³/mol. The van der Waals surface area contributed by atoms with Crippen LogP contribution in [0.5, 0.6) is 0 Å². The van der Waals surface area contributed by atoms with Crippen molar-refractivity contribution < 1.29 is 19.7 Å². The van der Waals surface area contributed by atoms with Gasteiger partial charge in [0, 0.05) is 0 Å². The fourth-order valence-corrected chi connectivity index (χ4v) is 0.961. The highest BCUT2D eigenvalue weighted by molar-refractivity contribution is 5.76. The van der Waals surface area contributed by atoms with Crippen molar-refractivity contribution in [1.29, 1.82) is 0 Å². The molecule has 0 fully saturated rings. The van der Waals surface area contributed by atoms with Crippen LogP contribution in [0.3, 0.4) is 0 Å². The van der Waals surface area contributed by atoms with E-state index in [1.165, 1.54) is 0 Å². The Labute approximate surface area is 87.1 Å². The number of rotatable bonds is 5. The maximum Gasteiger partial charge on any atom is 0.353 e. The Balaban J connectivity index is 2.59. The monoisotopic (exact) mass is 211 g/mol. The molecular weight excluding hydrogens is 198 g/mol. The average molecular weight is 211 g/mol.